The molecule has 0 saturated heterocycles. The Kier molecular flexibility index (Phi) is 13.4. The SMILES string of the molecule is CCCCCCCCCCCC=CC=CC=CC(=O)N(c1ccc(O)c(O)c1)C(C)(C)C(=O)O. The number of carboxylic acid groups (broad SMARTS) is 1. The monoisotopic (exact) mass is 471 g/mol. The molecule has 0 saturated carbocycles. The lowest BCUT2D eigenvalue weighted by molar-refractivity contribution is -0.143. The van der Waals surface area contributed by atoms with Crippen LogP contribution in [0.2, 0.25) is 0 Å². The molecule has 0 aliphatic carbocycles. The number of phenols is 2. The summed E-state index contributed by atoms with van der Waals surface area (Å²) in [6.07, 6.45) is 23.2. The molecule has 0 aliphatic heterocycles. The second-order valence-electron chi connectivity index (χ2n) is 9.00. The summed E-state index contributed by atoms with van der Waals surface area (Å²) in [4.78, 5) is 25.6. The normalized spacial score (nSPS) is 12.2. The second-order valence-corrected chi connectivity index (χ2v) is 9.00. The maximum absolute atomic E-state index is 12.8. The third kappa shape index (κ3) is 10.3. The predicted molar refractivity (Wildman–Crippen MR) is 138 cm³/mol. The molecule has 0 heterocycles. The van der Waals surface area contributed by atoms with E-state index in [9.17, 15) is 24.9 Å². The van der Waals surface area contributed by atoms with E-state index in [1.54, 1.807) is 12.2 Å². The number of carbonyl (C=O) groups excluding carboxylic acids is 1. The number of phenolic OH excluding ortho intramolecular Hbond substituents is 2. The van der Waals surface area contributed by atoms with Gasteiger partial charge in [0.15, 0.2) is 11.5 Å². The van der Waals surface area contributed by atoms with Gasteiger partial charge in [-0.3, -0.25) is 9.69 Å². The average Bonchev–Trinajstić information content (AvgIpc) is 2.78. The second kappa shape index (κ2) is 15.8. The van der Waals surface area contributed by atoms with E-state index >= 15 is 0 Å². The summed E-state index contributed by atoms with van der Waals surface area (Å²) in [5.41, 5.74) is -1.40. The van der Waals surface area contributed by atoms with Gasteiger partial charge in [-0.05, 0) is 38.8 Å². The number of benzene rings is 1. The van der Waals surface area contributed by atoms with Crippen molar-refractivity contribution in [2.75, 3.05) is 4.90 Å². The minimum atomic E-state index is -1.57. The maximum Gasteiger partial charge on any atom is 0.329 e. The third-order valence-electron chi connectivity index (χ3n) is 5.70. The minimum absolute atomic E-state index is 0.169. The van der Waals surface area contributed by atoms with Gasteiger partial charge in [-0.2, -0.15) is 0 Å². The van der Waals surface area contributed by atoms with Crippen molar-refractivity contribution in [1.82, 2.24) is 0 Å². The number of allylic oxidation sites excluding steroid dienone is 5. The summed E-state index contributed by atoms with van der Waals surface area (Å²) >= 11 is 0. The Morgan fingerprint density at radius 3 is 2.03 bits per heavy atom. The van der Waals surface area contributed by atoms with Crippen molar-refractivity contribution in [2.45, 2.75) is 90.5 Å². The van der Waals surface area contributed by atoms with Gasteiger partial charge in [0.05, 0.1) is 0 Å². The van der Waals surface area contributed by atoms with E-state index in [0.29, 0.717) is 0 Å². The molecule has 0 fully saturated rings. The molecule has 0 spiro atoms. The first kappa shape index (κ1) is 29.0. The fourth-order valence-corrected chi connectivity index (χ4v) is 3.56. The molecule has 0 radical (unpaired) electrons. The molecule has 0 unspecified atom stereocenters. The van der Waals surface area contributed by atoms with Gasteiger partial charge in [0.1, 0.15) is 5.54 Å². The molecule has 6 heteroatoms. The zero-order chi connectivity index (χ0) is 25.4. The van der Waals surface area contributed by atoms with E-state index in [1.807, 2.05) is 12.2 Å². The molecule has 1 amide bonds. The summed E-state index contributed by atoms with van der Waals surface area (Å²) in [5, 5.41) is 28.9. The Labute approximate surface area is 204 Å². The Morgan fingerprint density at radius 2 is 1.44 bits per heavy atom. The number of amides is 1. The van der Waals surface area contributed by atoms with Gasteiger partial charge in [-0.25, -0.2) is 4.79 Å². The van der Waals surface area contributed by atoms with Crippen LogP contribution in [0.15, 0.2) is 54.7 Å². The Bertz CT molecular complexity index is 854. The molecular weight excluding hydrogens is 430 g/mol. The molecule has 1 aromatic rings. The summed E-state index contributed by atoms with van der Waals surface area (Å²) < 4.78 is 0. The van der Waals surface area contributed by atoms with Crippen LogP contribution in [0.1, 0.15) is 85.0 Å². The number of carboxylic acids is 1. The van der Waals surface area contributed by atoms with Crippen LogP contribution in [0.3, 0.4) is 0 Å². The number of anilines is 1. The maximum atomic E-state index is 12.8. The largest absolute Gasteiger partial charge is 0.504 e. The zero-order valence-electron chi connectivity index (χ0n) is 20.9. The lowest BCUT2D eigenvalue weighted by Gasteiger charge is -2.34. The van der Waals surface area contributed by atoms with Crippen molar-refractivity contribution in [1.29, 1.82) is 0 Å². The van der Waals surface area contributed by atoms with E-state index in [-0.39, 0.29) is 11.4 Å². The molecule has 0 aliphatic rings. The van der Waals surface area contributed by atoms with Gasteiger partial charge in [-0.1, -0.05) is 88.7 Å². The summed E-state index contributed by atoms with van der Waals surface area (Å²) in [5.74, 6) is -2.54. The lowest BCUT2D eigenvalue weighted by atomic mass is 10.0. The molecule has 188 valence electrons. The van der Waals surface area contributed by atoms with Crippen LogP contribution in [-0.2, 0) is 9.59 Å². The van der Waals surface area contributed by atoms with E-state index in [2.05, 4.69) is 13.0 Å². The van der Waals surface area contributed by atoms with Crippen molar-refractivity contribution in [3.05, 3.63) is 54.7 Å². The Hall–Kier alpha value is -3.02. The predicted octanol–water partition coefficient (Wildman–Crippen LogP) is 6.88. The highest BCUT2D eigenvalue weighted by atomic mass is 16.4. The minimum Gasteiger partial charge on any atom is -0.504 e. The molecule has 0 bridgehead atoms. The van der Waals surface area contributed by atoms with Crippen LogP contribution < -0.4 is 4.90 Å². The molecule has 0 aromatic heterocycles. The van der Waals surface area contributed by atoms with Crippen molar-refractivity contribution in [2.24, 2.45) is 0 Å². The number of aromatic hydroxyl groups is 2. The van der Waals surface area contributed by atoms with Crippen molar-refractivity contribution in [3.8, 4) is 11.5 Å². The highest BCUT2D eigenvalue weighted by molar-refractivity contribution is 6.07. The van der Waals surface area contributed by atoms with E-state index in [1.165, 1.54) is 89.8 Å². The number of unbranched alkanes of at least 4 members (excludes halogenated alkanes) is 9. The van der Waals surface area contributed by atoms with Crippen molar-refractivity contribution in [3.63, 3.8) is 0 Å². The fraction of sp³-hybridized carbons (Fsp3) is 0.500. The smallest absolute Gasteiger partial charge is 0.329 e. The van der Waals surface area contributed by atoms with Crippen LogP contribution in [0.4, 0.5) is 5.69 Å². The lowest BCUT2D eigenvalue weighted by Crippen LogP contribution is -2.53. The molecule has 6 nitrogen and oxygen atoms in total. The van der Waals surface area contributed by atoms with E-state index in [0.717, 1.165) is 17.4 Å². The molecule has 1 aromatic carbocycles. The Morgan fingerprint density at radius 1 is 0.853 bits per heavy atom. The first-order valence-corrected chi connectivity index (χ1v) is 12.3. The first-order valence-electron chi connectivity index (χ1n) is 12.3. The van der Waals surface area contributed by atoms with E-state index in [4.69, 9.17) is 0 Å². The zero-order valence-corrected chi connectivity index (χ0v) is 20.9. The topological polar surface area (TPSA) is 98.1 Å². The van der Waals surface area contributed by atoms with Gasteiger partial charge in [0, 0.05) is 17.8 Å². The quantitative estimate of drug-likeness (QED) is 0.106. The molecule has 0 atom stereocenters. The average molecular weight is 472 g/mol. The molecular formula is C28H41NO5. The summed E-state index contributed by atoms with van der Waals surface area (Å²) in [7, 11) is 0. The van der Waals surface area contributed by atoms with Gasteiger partial charge < -0.3 is 15.3 Å². The molecule has 1 rings (SSSR count). The number of aliphatic carboxylic acids is 1. The molecule has 3 N–H and O–H groups in total. The van der Waals surface area contributed by atoms with Gasteiger partial charge >= 0.3 is 5.97 Å². The van der Waals surface area contributed by atoms with Gasteiger partial charge in [0.25, 0.3) is 5.91 Å². The van der Waals surface area contributed by atoms with Crippen LogP contribution in [0, 0.1) is 0 Å². The van der Waals surface area contributed by atoms with Gasteiger partial charge in [-0.15, -0.1) is 0 Å². The molecule has 34 heavy (non-hydrogen) atoms. The number of hydrogen-bond donors (Lipinski definition) is 3. The standard InChI is InChI=1S/C28H41NO5/c1-4-5-6-7-8-9-10-11-12-13-14-15-16-17-18-19-26(32)29(28(2,3)27(33)34)23-20-21-24(30)25(31)22-23/h14-22,30-31H,4-13H2,1-3H3,(H,33,34). The summed E-state index contributed by atoms with van der Waals surface area (Å²) in [6.45, 7) is 5.04. The number of nitrogens with zero attached hydrogens (tertiary/aromatic N) is 1. The highest BCUT2D eigenvalue weighted by Crippen LogP contribution is 2.33. The first-order chi connectivity index (χ1) is 16.2. The number of rotatable bonds is 16. The van der Waals surface area contributed by atoms with Gasteiger partial charge in [0.2, 0.25) is 0 Å². The Balaban J connectivity index is 2.52. The van der Waals surface area contributed by atoms with E-state index < -0.39 is 23.2 Å². The number of hydrogen-bond acceptors (Lipinski definition) is 4. The highest BCUT2D eigenvalue weighted by Gasteiger charge is 2.38. The number of carbonyl (C=O) groups is 2. The third-order valence-corrected chi connectivity index (χ3v) is 5.70. The van der Waals surface area contributed by atoms with Crippen molar-refractivity contribution < 1.29 is 24.9 Å². The summed E-state index contributed by atoms with van der Waals surface area (Å²) in [6, 6.07) is 3.76. The van der Waals surface area contributed by atoms with Crippen LogP contribution in [-0.4, -0.2) is 32.7 Å². The van der Waals surface area contributed by atoms with Crippen molar-refractivity contribution >= 4 is 17.6 Å². The van der Waals surface area contributed by atoms with Crippen LogP contribution in [0.5, 0.6) is 11.5 Å². The van der Waals surface area contributed by atoms with Crippen LogP contribution in [0.25, 0.3) is 0 Å². The van der Waals surface area contributed by atoms with Crippen LogP contribution >= 0.6 is 0 Å². The fourth-order valence-electron chi connectivity index (χ4n) is 3.56.